The Morgan fingerprint density at radius 3 is 2.68 bits per heavy atom. The van der Waals surface area contributed by atoms with Gasteiger partial charge in [-0.05, 0) is 50.2 Å². The molecule has 1 atom stereocenters. The molecule has 2 aliphatic rings. The van der Waals surface area contributed by atoms with Crippen molar-refractivity contribution in [3.63, 3.8) is 0 Å². The first-order valence-corrected chi connectivity index (χ1v) is 9.08. The molecule has 0 bridgehead atoms. The number of fused-ring (bicyclic) bond motifs is 1. The quantitative estimate of drug-likeness (QED) is 0.883. The standard InChI is InChI=1S/C18H21ClN4O2/c1-11(17(25)23-8-6-18(4-5-18)7-9-23)21-16(24)12-2-3-14(19)13-10-20-22-15(12)13/h2-3,10-11H,4-9H2,1H3,(H,20,22)(H,21,24)/t11-/m1/s1. The number of nitrogens with zero attached hydrogens (tertiary/aromatic N) is 2. The van der Waals surface area contributed by atoms with Crippen LogP contribution in [0.25, 0.3) is 10.9 Å². The molecule has 25 heavy (non-hydrogen) atoms. The number of amides is 2. The Hall–Kier alpha value is -2.08. The Morgan fingerprint density at radius 1 is 1.28 bits per heavy atom. The van der Waals surface area contributed by atoms with Crippen LogP contribution < -0.4 is 5.32 Å². The highest BCUT2D eigenvalue weighted by Gasteiger charge is 2.45. The van der Waals surface area contributed by atoms with Crippen molar-refractivity contribution >= 4 is 34.3 Å². The number of carbonyl (C=O) groups excluding carboxylic acids is 2. The van der Waals surface area contributed by atoms with Crippen LogP contribution in [-0.4, -0.2) is 46.0 Å². The second-order valence-corrected chi connectivity index (χ2v) is 7.68. The van der Waals surface area contributed by atoms with Gasteiger partial charge in [-0.15, -0.1) is 0 Å². The van der Waals surface area contributed by atoms with E-state index in [9.17, 15) is 9.59 Å². The lowest BCUT2D eigenvalue weighted by Crippen LogP contribution is -2.49. The first-order chi connectivity index (χ1) is 12.0. The second kappa shape index (κ2) is 6.02. The number of aromatic amines is 1. The molecular formula is C18H21ClN4O2. The molecular weight excluding hydrogens is 340 g/mol. The van der Waals surface area contributed by atoms with Crippen molar-refractivity contribution in [1.29, 1.82) is 0 Å². The molecule has 1 saturated heterocycles. The van der Waals surface area contributed by atoms with Crippen LogP contribution in [0.1, 0.15) is 43.0 Å². The van der Waals surface area contributed by atoms with Crippen molar-refractivity contribution in [1.82, 2.24) is 20.4 Å². The van der Waals surface area contributed by atoms with Gasteiger partial charge in [0.25, 0.3) is 5.91 Å². The summed E-state index contributed by atoms with van der Waals surface area (Å²) in [6.45, 7) is 3.33. The largest absolute Gasteiger partial charge is 0.341 e. The molecule has 2 fully saturated rings. The number of likely N-dealkylation sites (tertiary alicyclic amines) is 1. The summed E-state index contributed by atoms with van der Waals surface area (Å²) in [6.07, 6.45) is 6.37. The highest BCUT2D eigenvalue weighted by Crippen LogP contribution is 2.53. The zero-order chi connectivity index (χ0) is 17.6. The minimum absolute atomic E-state index is 0.0151. The predicted molar refractivity (Wildman–Crippen MR) is 95.5 cm³/mol. The number of piperidine rings is 1. The number of carbonyl (C=O) groups is 2. The fourth-order valence-electron chi connectivity index (χ4n) is 3.68. The van der Waals surface area contributed by atoms with Gasteiger partial charge in [-0.3, -0.25) is 14.7 Å². The van der Waals surface area contributed by atoms with Crippen molar-refractivity contribution in [3.8, 4) is 0 Å². The third-order valence-corrected chi connectivity index (χ3v) is 5.95. The van der Waals surface area contributed by atoms with E-state index >= 15 is 0 Å². The summed E-state index contributed by atoms with van der Waals surface area (Å²) in [7, 11) is 0. The molecule has 2 aromatic rings. The van der Waals surface area contributed by atoms with Crippen LogP contribution in [-0.2, 0) is 4.79 Å². The summed E-state index contributed by atoms with van der Waals surface area (Å²) in [4.78, 5) is 27.1. The van der Waals surface area contributed by atoms with E-state index in [1.807, 2.05) is 4.90 Å². The lowest BCUT2D eigenvalue weighted by Gasteiger charge is -2.33. The van der Waals surface area contributed by atoms with E-state index in [1.165, 1.54) is 12.8 Å². The van der Waals surface area contributed by atoms with Crippen molar-refractivity contribution < 1.29 is 9.59 Å². The molecule has 0 radical (unpaired) electrons. The van der Waals surface area contributed by atoms with E-state index in [-0.39, 0.29) is 11.8 Å². The van der Waals surface area contributed by atoms with Crippen molar-refractivity contribution in [2.75, 3.05) is 13.1 Å². The third-order valence-electron chi connectivity index (χ3n) is 5.62. The van der Waals surface area contributed by atoms with Gasteiger partial charge in [0.05, 0.1) is 22.3 Å². The third kappa shape index (κ3) is 2.99. The van der Waals surface area contributed by atoms with Crippen LogP contribution in [0.4, 0.5) is 0 Å². The molecule has 1 aliphatic heterocycles. The van der Waals surface area contributed by atoms with Crippen LogP contribution in [0.2, 0.25) is 5.02 Å². The first kappa shape index (κ1) is 16.4. The molecule has 7 heteroatoms. The number of H-pyrrole nitrogens is 1. The Bertz CT molecular complexity index is 833. The van der Waals surface area contributed by atoms with E-state index in [0.717, 1.165) is 25.9 Å². The summed E-state index contributed by atoms with van der Waals surface area (Å²) in [5, 5.41) is 10.8. The Morgan fingerprint density at radius 2 is 2.00 bits per heavy atom. The van der Waals surface area contributed by atoms with Gasteiger partial charge in [-0.1, -0.05) is 11.6 Å². The van der Waals surface area contributed by atoms with Crippen LogP contribution >= 0.6 is 11.6 Å². The molecule has 1 aromatic heterocycles. The maximum Gasteiger partial charge on any atom is 0.254 e. The smallest absolute Gasteiger partial charge is 0.254 e. The molecule has 0 unspecified atom stereocenters. The van der Waals surface area contributed by atoms with Crippen molar-refractivity contribution in [3.05, 3.63) is 28.9 Å². The maximum absolute atomic E-state index is 12.6. The SMILES string of the molecule is C[C@@H](NC(=O)c1ccc(Cl)c2cn[nH]c12)C(=O)N1CCC2(CC1)CC2. The topological polar surface area (TPSA) is 78.1 Å². The minimum atomic E-state index is -0.561. The Balaban J connectivity index is 1.43. The monoisotopic (exact) mass is 360 g/mol. The van der Waals surface area contributed by atoms with E-state index < -0.39 is 6.04 Å². The number of aromatic nitrogens is 2. The highest BCUT2D eigenvalue weighted by molar-refractivity contribution is 6.36. The molecule has 2 amide bonds. The number of nitrogens with one attached hydrogen (secondary N) is 2. The van der Waals surface area contributed by atoms with E-state index in [0.29, 0.717) is 26.9 Å². The number of benzene rings is 1. The summed E-state index contributed by atoms with van der Waals surface area (Å²) in [5.74, 6) is -0.318. The summed E-state index contributed by atoms with van der Waals surface area (Å²) < 4.78 is 0. The summed E-state index contributed by atoms with van der Waals surface area (Å²) in [5.41, 5.74) is 1.55. The number of rotatable bonds is 3. The minimum Gasteiger partial charge on any atom is -0.341 e. The summed E-state index contributed by atoms with van der Waals surface area (Å²) in [6, 6.07) is 2.75. The van der Waals surface area contributed by atoms with Crippen LogP contribution in [0, 0.1) is 5.41 Å². The molecule has 132 valence electrons. The second-order valence-electron chi connectivity index (χ2n) is 7.27. The van der Waals surface area contributed by atoms with Gasteiger partial charge in [-0.25, -0.2) is 0 Å². The fraction of sp³-hybridized carbons (Fsp3) is 0.500. The van der Waals surface area contributed by atoms with Crippen molar-refractivity contribution in [2.45, 2.75) is 38.6 Å². The molecule has 1 saturated carbocycles. The van der Waals surface area contributed by atoms with E-state index in [1.54, 1.807) is 25.3 Å². The highest BCUT2D eigenvalue weighted by atomic mass is 35.5. The zero-order valence-corrected chi connectivity index (χ0v) is 14.9. The average molecular weight is 361 g/mol. The van der Waals surface area contributed by atoms with Gasteiger partial charge in [0.1, 0.15) is 6.04 Å². The molecule has 1 aromatic carbocycles. The molecule has 2 N–H and O–H groups in total. The lowest BCUT2D eigenvalue weighted by atomic mass is 9.93. The molecule has 6 nitrogen and oxygen atoms in total. The lowest BCUT2D eigenvalue weighted by molar-refractivity contribution is -0.134. The normalized spacial score (nSPS) is 19.8. The van der Waals surface area contributed by atoms with Gasteiger partial charge in [0.15, 0.2) is 0 Å². The maximum atomic E-state index is 12.6. The van der Waals surface area contributed by atoms with Gasteiger partial charge < -0.3 is 10.2 Å². The Labute approximate surface area is 150 Å². The molecule has 1 spiro atoms. The zero-order valence-electron chi connectivity index (χ0n) is 14.1. The van der Waals surface area contributed by atoms with Gasteiger partial charge in [0.2, 0.25) is 5.91 Å². The predicted octanol–water partition coefficient (Wildman–Crippen LogP) is 2.74. The van der Waals surface area contributed by atoms with E-state index in [2.05, 4.69) is 15.5 Å². The number of hydrogen-bond acceptors (Lipinski definition) is 3. The number of hydrogen-bond donors (Lipinski definition) is 2. The summed E-state index contributed by atoms with van der Waals surface area (Å²) >= 11 is 6.11. The van der Waals surface area contributed by atoms with Crippen LogP contribution in [0.15, 0.2) is 18.3 Å². The first-order valence-electron chi connectivity index (χ1n) is 8.70. The Kier molecular flexibility index (Phi) is 3.95. The molecule has 4 rings (SSSR count). The molecule has 2 heterocycles. The van der Waals surface area contributed by atoms with Crippen LogP contribution in [0.3, 0.4) is 0 Å². The van der Waals surface area contributed by atoms with Gasteiger partial charge in [-0.2, -0.15) is 5.10 Å². The van der Waals surface area contributed by atoms with E-state index in [4.69, 9.17) is 11.6 Å². The molecule has 1 aliphatic carbocycles. The van der Waals surface area contributed by atoms with Gasteiger partial charge >= 0.3 is 0 Å². The average Bonchev–Trinajstić information content (AvgIpc) is 3.16. The van der Waals surface area contributed by atoms with Gasteiger partial charge in [0, 0.05) is 18.5 Å². The van der Waals surface area contributed by atoms with Crippen molar-refractivity contribution in [2.24, 2.45) is 5.41 Å². The van der Waals surface area contributed by atoms with Crippen LogP contribution in [0.5, 0.6) is 0 Å². The fourth-order valence-corrected chi connectivity index (χ4v) is 3.89. The number of halogens is 1.